The third kappa shape index (κ3) is 4.01. The lowest BCUT2D eigenvalue weighted by Crippen LogP contribution is -2.29. The average Bonchev–Trinajstić information content (AvgIpc) is 2.60. The van der Waals surface area contributed by atoms with Crippen LogP contribution in [0.25, 0.3) is 0 Å². The zero-order chi connectivity index (χ0) is 11.3. The first-order valence-electron chi connectivity index (χ1n) is 5.55. The van der Waals surface area contributed by atoms with E-state index in [0.717, 1.165) is 25.3 Å². The molecular weight excluding hydrogens is 190 g/mol. The van der Waals surface area contributed by atoms with Gasteiger partial charge < -0.3 is 15.0 Å². The summed E-state index contributed by atoms with van der Waals surface area (Å²) in [6.07, 6.45) is 4.32. The summed E-state index contributed by atoms with van der Waals surface area (Å²) in [6.45, 7) is 7.69. The van der Waals surface area contributed by atoms with E-state index >= 15 is 0 Å². The van der Waals surface area contributed by atoms with Crippen molar-refractivity contribution in [1.82, 2.24) is 14.9 Å². The van der Waals surface area contributed by atoms with Crippen molar-refractivity contribution >= 4 is 0 Å². The van der Waals surface area contributed by atoms with Crippen LogP contribution in [0.15, 0.2) is 12.4 Å². The van der Waals surface area contributed by atoms with Gasteiger partial charge in [-0.2, -0.15) is 0 Å². The first kappa shape index (κ1) is 12.2. The molecule has 0 aliphatic rings. The maximum absolute atomic E-state index is 9.22. The fraction of sp³-hybridized carbons (Fsp3) is 0.727. The predicted molar refractivity (Wildman–Crippen MR) is 60.5 cm³/mol. The van der Waals surface area contributed by atoms with Crippen molar-refractivity contribution < 1.29 is 5.11 Å². The van der Waals surface area contributed by atoms with Gasteiger partial charge in [-0.25, -0.2) is 4.98 Å². The normalized spacial score (nSPS) is 15.2. The van der Waals surface area contributed by atoms with Crippen LogP contribution in [0, 0.1) is 0 Å². The number of aliphatic hydroxyl groups excluding tert-OH is 1. The molecule has 86 valence electrons. The highest BCUT2D eigenvalue weighted by molar-refractivity contribution is 4.91. The highest BCUT2D eigenvalue weighted by Gasteiger charge is 2.07. The molecule has 2 unspecified atom stereocenters. The third-order valence-electron chi connectivity index (χ3n) is 2.45. The average molecular weight is 211 g/mol. The van der Waals surface area contributed by atoms with Gasteiger partial charge in [-0.05, 0) is 27.2 Å². The molecule has 0 amide bonds. The molecule has 1 rings (SSSR count). The molecule has 4 nitrogen and oxygen atoms in total. The molecule has 0 fully saturated rings. The Hall–Kier alpha value is -0.870. The van der Waals surface area contributed by atoms with Crippen LogP contribution < -0.4 is 5.32 Å². The molecule has 0 saturated heterocycles. The van der Waals surface area contributed by atoms with E-state index in [2.05, 4.69) is 28.7 Å². The summed E-state index contributed by atoms with van der Waals surface area (Å²) in [4.78, 5) is 4.28. The van der Waals surface area contributed by atoms with Crippen molar-refractivity contribution in [2.24, 2.45) is 0 Å². The van der Waals surface area contributed by atoms with E-state index in [1.54, 1.807) is 0 Å². The van der Waals surface area contributed by atoms with Crippen LogP contribution in [0.4, 0.5) is 0 Å². The molecule has 0 aliphatic heterocycles. The van der Waals surface area contributed by atoms with Gasteiger partial charge in [-0.1, -0.05) is 0 Å². The quantitative estimate of drug-likeness (QED) is 0.742. The van der Waals surface area contributed by atoms with E-state index < -0.39 is 0 Å². The molecule has 0 aromatic carbocycles. The molecule has 2 N–H and O–H groups in total. The van der Waals surface area contributed by atoms with E-state index in [4.69, 9.17) is 0 Å². The first-order chi connectivity index (χ1) is 7.13. The minimum absolute atomic E-state index is 0.251. The highest BCUT2D eigenvalue weighted by atomic mass is 16.3. The molecular formula is C11H21N3O. The summed E-state index contributed by atoms with van der Waals surface area (Å²) in [5.74, 6) is 1.05. The number of nitrogens with one attached hydrogen (secondary N) is 1. The van der Waals surface area contributed by atoms with Gasteiger partial charge >= 0.3 is 0 Å². The van der Waals surface area contributed by atoms with Crippen LogP contribution >= 0.6 is 0 Å². The SMILES string of the molecule is CCn1ccnc1CNC(C)CC(C)O. The summed E-state index contributed by atoms with van der Waals surface area (Å²) in [7, 11) is 0. The molecule has 0 saturated carbocycles. The largest absolute Gasteiger partial charge is 0.393 e. The summed E-state index contributed by atoms with van der Waals surface area (Å²) < 4.78 is 2.11. The van der Waals surface area contributed by atoms with E-state index in [1.807, 2.05) is 19.3 Å². The summed E-state index contributed by atoms with van der Waals surface area (Å²) >= 11 is 0. The standard InChI is InChI=1S/C11H21N3O/c1-4-14-6-5-12-11(14)8-13-9(2)7-10(3)15/h5-6,9-10,13,15H,4,7-8H2,1-3H3. The molecule has 2 atom stereocenters. The Morgan fingerprint density at radius 2 is 2.27 bits per heavy atom. The molecule has 1 aromatic rings. The van der Waals surface area contributed by atoms with Gasteiger partial charge in [0.05, 0.1) is 12.6 Å². The van der Waals surface area contributed by atoms with E-state index in [9.17, 15) is 5.11 Å². The number of aromatic nitrogens is 2. The highest BCUT2D eigenvalue weighted by Crippen LogP contribution is 2.00. The van der Waals surface area contributed by atoms with Crippen LogP contribution in [0.1, 0.15) is 33.0 Å². The Morgan fingerprint density at radius 3 is 2.87 bits per heavy atom. The monoisotopic (exact) mass is 211 g/mol. The number of hydrogen-bond acceptors (Lipinski definition) is 3. The second-order valence-corrected chi connectivity index (χ2v) is 4.00. The van der Waals surface area contributed by atoms with Crippen molar-refractivity contribution in [2.75, 3.05) is 0 Å². The van der Waals surface area contributed by atoms with Gasteiger partial charge in [0.25, 0.3) is 0 Å². The Balaban J connectivity index is 2.36. The summed E-state index contributed by atoms with van der Waals surface area (Å²) in [5.41, 5.74) is 0. The van der Waals surface area contributed by atoms with Crippen LogP contribution in [0.3, 0.4) is 0 Å². The topological polar surface area (TPSA) is 50.1 Å². The van der Waals surface area contributed by atoms with Gasteiger partial charge in [0.2, 0.25) is 0 Å². The van der Waals surface area contributed by atoms with Crippen LogP contribution in [0.2, 0.25) is 0 Å². The Morgan fingerprint density at radius 1 is 1.53 bits per heavy atom. The number of hydrogen-bond donors (Lipinski definition) is 2. The summed E-state index contributed by atoms with van der Waals surface area (Å²) in [5, 5.41) is 12.6. The number of nitrogens with zero attached hydrogens (tertiary/aromatic N) is 2. The van der Waals surface area contributed by atoms with Gasteiger partial charge in [0.15, 0.2) is 0 Å². The fourth-order valence-electron chi connectivity index (χ4n) is 1.66. The minimum atomic E-state index is -0.251. The van der Waals surface area contributed by atoms with Crippen molar-refractivity contribution in [3.63, 3.8) is 0 Å². The lowest BCUT2D eigenvalue weighted by molar-refractivity contribution is 0.170. The van der Waals surface area contributed by atoms with Gasteiger partial charge in [-0.3, -0.25) is 0 Å². The van der Waals surface area contributed by atoms with Crippen LogP contribution in [-0.2, 0) is 13.1 Å². The van der Waals surface area contributed by atoms with Gasteiger partial charge in [-0.15, -0.1) is 0 Å². The lowest BCUT2D eigenvalue weighted by atomic mass is 10.1. The minimum Gasteiger partial charge on any atom is -0.393 e. The fourth-order valence-corrected chi connectivity index (χ4v) is 1.66. The molecule has 0 radical (unpaired) electrons. The maximum atomic E-state index is 9.22. The smallest absolute Gasteiger partial charge is 0.122 e. The lowest BCUT2D eigenvalue weighted by Gasteiger charge is -2.15. The first-order valence-corrected chi connectivity index (χ1v) is 5.55. The zero-order valence-electron chi connectivity index (χ0n) is 9.77. The second kappa shape index (κ2) is 5.88. The molecule has 4 heteroatoms. The van der Waals surface area contributed by atoms with Gasteiger partial charge in [0.1, 0.15) is 5.82 Å². The van der Waals surface area contributed by atoms with Gasteiger partial charge in [0, 0.05) is 25.0 Å². The van der Waals surface area contributed by atoms with Crippen molar-refractivity contribution in [2.45, 2.75) is 52.4 Å². The molecule has 1 aromatic heterocycles. The molecule has 1 heterocycles. The van der Waals surface area contributed by atoms with Crippen molar-refractivity contribution in [3.8, 4) is 0 Å². The Labute approximate surface area is 91.3 Å². The van der Waals surface area contributed by atoms with Crippen LogP contribution in [-0.4, -0.2) is 26.8 Å². The van der Waals surface area contributed by atoms with E-state index in [1.165, 1.54) is 0 Å². The molecule has 15 heavy (non-hydrogen) atoms. The Bertz CT molecular complexity index is 283. The number of imidazole rings is 1. The van der Waals surface area contributed by atoms with E-state index in [0.29, 0.717) is 6.04 Å². The molecule has 0 spiro atoms. The molecule has 0 aliphatic carbocycles. The van der Waals surface area contributed by atoms with E-state index in [-0.39, 0.29) is 6.10 Å². The second-order valence-electron chi connectivity index (χ2n) is 4.00. The van der Waals surface area contributed by atoms with Crippen molar-refractivity contribution in [1.29, 1.82) is 0 Å². The number of aliphatic hydroxyl groups is 1. The Kier molecular flexibility index (Phi) is 4.78. The third-order valence-corrected chi connectivity index (χ3v) is 2.45. The number of rotatable bonds is 6. The summed E-state index contributed by atoms with van der Waals surface area (Å²) in [6, 6.07) is 0.312. The number of aryl methyl sites for hydroxylation is 1. The maximum Gasteiger partial charge on any atom is 0.122 e. The zero-order valence-corrected chi connectivity index (χ0v) is 9.77. The van der Waals surface area contributed by atoms with Crippen LogP contribution in [0.5, 0.6) is 0 Å². The van der Waals surface area contributed by atoms with Crippen molar-refractivity contribution in [3.05, 3.63) is 18.2 Å². The predicted octanol–water partition coefficient (Wildman–Crippen LogP) is 1.15. The molecule has 0 bridgehead atoms.